The zero-order valence-corrected chi connectivity index (χ0v) is 17.8. The van der Waals surface area contributed by atoms with Gasteiger partial charge in [-0.25, -0.2) is 0 Å². The van der Waals surface area contributed by atoms with Crippen molar-refractivity contribution < 1.29 is 19.0 Å². The van der Waals surface area contributed by atoms with Gasteiger partial charge in [0.1, 0.15) is 0 Å². The first kappa shape index (κ1) is 22.7. The molecule has 158 valence electrons. The number of ether oxygens (including phenoxy) is 3. The lowest BCUT2D eigenvalue weighted by molar-refractivity contribution is -0.137. The lowest BCUT2D eigenvalue weighted by Gasteiger charge is -2.37. The molecule has 1 amide bonds. The first-order valence-electron chi connectivity index (χ1n) is 9.69. The van der Waals surface area contributed by atoms with Crippen molar-refractivity contribution in [2.24, 2.45) is 0 Å². The van der Waals surface area contributed by atoms with Crippen molar-refractivity contribution in [3.05, 3.63) is 23.8 Å². The molecule has 0 saturated carbocycles. The molecule has 2 aliphatic rings. The van der Waals surface area contributed by atoms with E-state index in [2.05, 4.69) is 30.1 Å². The monoisotopic (exact) mass is 413 g/mol. The lowest BCUT2D eigenvalue weighted by atomic mass is 10.1. The van der Waals surface area contributed by atoms with Gasteiger partial charge in [0.15, 0.2) is 18.1 Å². The van der Waals surface area contributed by atoms with Crippen LogP contribution in [0.2, 0.25) is 0 Å². The molecule has 0 radical (unpaired) electrons. The van der Waals surface area contributed by atoms with Crippen LogP contribution in [0.15, 0.2) is 18.2 Å². The summed E-state index contributed by atoms with van der Waals surface area (Å²) in [6, 6.07) is 6.95. The maximum Gasteiger partial charge on any atom is 0.260 e. The van der Waals surface area contributed by atoms with Gasteiger partial charge >= 0.3 is 0 Å². The molecular weight excluding hydrogens is 382 g/mol. The quantitative estimate of drug-likeness (QED) is 0.763. The Morgan fingerprint density at radius 2 is 2.00 bits per heavy atom. The number of hydrogen-bond donors (Lipinski definition) is 1. The minimum atomic E-state index is -0.0203. The molecule has 0 bridgehead atoms. The fourth-order valence-corrected chi connectivity index (χ4v) is 3.53. The Balaban J connectivity index is 0.00000280. The number of nitrogens with zero attached hydrogens (tertiary/aromatic N) is 2. The SMILES string of the molecule is COc1cc(CN2CC(C)NCC2C)ccc1OCC(=O)N1CCOCC1.Cl. The van der Waals surface area contributed by atoms with E-state index < -0.39 is 0 Å². The second kappa shape index (κ2) is 10.9. The highest BCUT2D eigenvalue weighted by molar-refractivity contribution is 5.85. The first-order valence-corrected chi connectivity index (χ1v) is 9.69. The Labute approximate surface area is 173 Å². The molecule has 2 atom stereocenters. The smallest absolute Gasteiger partial charge is 0.260 e. The van der Waals surface area contributed by atoms with Crippen LogP contribution in [0.5, 0.6) is 11.5 Å². The van der Waals surface area contributed by atoms with E-state index in [1.165, 1.54) is 5.56 Å². The Hall–Kier alpha value is -1.54. The van der Waals surface area contributed by atoms with Crippen LogP contribution in [0.4, 0.5) is 0 Å². The maximum absolute atomic E-state index is 12.3. The van der Waals surface area contributed by atoms with Crippen molar-refractivity contribution in [3.63, 3.8) is 0 Å². The Bertz CT molecular complexity index is 640. The summed E-state index contributed by atoms with van der Waals surface area (Å²) in [6.45, 7) is 9.79. The van der Waals surface area contributed by atoms with Crippen LogP contribution in [0.3, 0.4) is 0 Å². The largest absolute Gasteiger partial charge is 0.493 e. The highest BCUT2D eigenvalue weighted by Crippen LogP contribution is 2.29. The van der Waals surface area contributed by atoms with E-state index in [4.69, 9.17) is 14.2 Å². The standard InChI is InChI=1S/C20H31N3O4.ClH/c1-15-12-23(16(2)11-21-15)13-17-4-5-18(19(10-17)25-3)27-14-20(24)22-6-8-26-9-7-22;/h4-5,10,15-16,21H,6-9,11-14H2,1-3H3;1H. The first-order chi connectivity index (χ1) is 13.1. The molecule has 2 unspecified atom stereocenters. The molecule has 0 spiro atoms. The molecule has 2 saturated heterocycles. The van der Waals surface area contributed by atoms with Crippen molar-refractivity contribution in [2.45, 2.75) is 32.5 Å². The summed E-state index contributed by atoms with van der Waals surface area (Å²) >= 11 is 0. The molecule has 8 heteroatoms. The van der Waals surface area contributed by atoms with Gasteiger partial charge in [0, 0.05) is 44.8 Å². The van der Waals surface area contributed by atoms with Crippen molar-refractivity contribution in [1.29, 1.82) is 0 Å². The number of nitrogens with one attached hydrogen (secondary N) is 1. The van der Waals surface area contributed by atoms with Crippen molar-refractivity contribution in [3.8, 4) is 11.5 Å². The fraction of sp³-hybridized carbons (Fsp3) is 0.650. The predicted molar refractivity (Wildman–Crippen MR) is 110 cm³/mol. The number of piperazine rings is 1. The average Bonchev–Trinajstić information content (AvgIpc) is 2.70. The molecule has 2 heterocycles. The zero-order valence-electron chi connectivity index (χ0n) is 17.0. The van der Waals surface area contributed by atoms with E-state index in [1.54, 1.807) is 12.0 Å². The third-order valence-electron chi connectivity index (χ3n) is 5.22. The molecule has 3 rings (SSSR count). The van der Waals surface area contributed by atoms with E-state index in [0.29, 0.717) is 49.9 Å². The summed E-state index contributed by atoms with van der Waals surface area (Å²) in [5.74, 6) is 1.25. The molecular formula is C20H32ClN3O4. The van der Waals surface area contributed by atoms with Gasteiger partial charge in [-0.1, -0.05) is 6.07 Å². The number of hydrogen-bond acceptors (Lipinski definition) is 6. The second-order valence-corrected chi connectivity index (χ2v) is 7.35. The van der Waals surface area contributed by atoms with Gasteiger partial charge in [0.05, 0.1) is 20.3 Å². The normalized spacial score (nSPS) is 23.0. The summed E-state index contributed by atoms with van der Waals surface area (Å²) in [5.41, 5.74) is 1.18. The van der Waals surface area contributed by atoms with Crippen LogP contribution in [0.1, 0.15) is 19.4 Å². The summed E-state index contributed by atoms with van der Waals surface area (Å²) in [4.78, 5) is 16.5. The summed E-state index contributed by atoms with van der Waals surface area (Å²) in [5, 5.41) is 3.50. The van der Waals surface area contributed by atoms with E-state index in [9.17, 15) is 4.79 Å². The number of benzene rings is 1. The Morgan fingerprint density at radius 3 is 2.71 bits per heavy atom. The van der Waals surface area contributed by atoms with Gasteiger partial charge in [-0.05, 0) is 31.5 Å². The van der Waals surface area contributed by atoms with Crippen LogP contribution in [-0.4, -0.2) is 80.9 Å². The summed E-state index contributed by atoms with van der Waals surface area (Å²) in [7, 11) is 1.63. The highest BCUT2D eigenvalue weighted by Gasteiger charge is 2.23. The fourth-order valence-electron chi connectivity index (χ4n) is 3.53. The Morgan fingerprint density at radius 1 is 1.25 bits per heavy atom. The predicted octanol–water partition coefficient (Wildman–Crippen LogP) is 1.54. The van der Waals surface area contributed by atoms with Gasteiger partial charge in [-0.2, -0.15) is 0 Å². The molecule has 0 aliphatic carbocycles. The lowest BCUT2D eigenvalue weighted by Crippen LogP contribution is -2.53. The number of carbonyl (C=O) groups excluding carboxylic acids is 1. The maximum atomic E-state index is 12.3. The number of halogens is 1. The van der Waals surface area contributed by atoms with Crippen molar-refractivity contribution in [2.75, 3.05) is 53.1 Å². The molecule has 1 N–H and O–H groups in total. The molecule has 7 nitrogen and oxygen atoms in total. The zero-order chi connectivity index (χ0) is 19.2. The van der Waals surface area contributed by atoms with Gasteiger partial charge in [0.2, 0.25) is 0 Å². The van der Waals surface area contributed by atoms with E-state index in [-0.39, 0.29) is 24.9 Å². The second-order valence-electron chi connectivity index (χ2n) is 7.35. The van der Waals surface area contributed by atoms with Gasteiger partial charge in [0.25, 0.3) is 5.91 Å². The van der Waals surface area contributed by atoms with Crippen molar-refractivity contribution >= 4 is 18.3 Å². The minimum absolute atomic E-state index is 0. The molecule has 0 aromatic heterocycles. The van der Waals surface area contributed by atoms with Crippen LogP contribution in [0.25, 0.3) is 0 Å². The average molecular weight is 414 g/mol. The Kier molecular flexibility index (Phi) is 8.82. The number of amides is 1. The minimum Gasteiger partial charge on any atom is -0.493 e. The van der Waals surface area contributed by atoms with Gasteiger partial charge in [-0.15, -0.1) is 12.4 Å². The number of rotatable bonds is 6. The van der Waals surface area contributed by atoms with Crippen LogP contribution < -0.4 is 14.8 Å². The summed E-state index contributed by atoms with van der Waals surface area (Å²) < 4.78 is 16.5. The molecule has 2 aliphatic heterocycles. The molecule has 1 aromatic rings. The van der Waals surface area contributed by atoms with Gasteiger partial charge < -0.3 is 24.4 Å². The highest BCUT2D eigenvalue weighted by atomic mass is 35.5. The number of morpholine rings is 1. The third-order valence-corrected chi connectivity index (χ3v) is 5.22. The van der Waals surface area contributed by atoms with Crippen LogP contribution >= 0.6 is 12.4 Å². The van der Waals surface area contributed by atoms with Crippen LogP contribution in [0, 0.1) is 0 Å². The van der Waals surface area contributed by atoms with Crippen molar-refractivity contribution in [1.82, 2.24) is 15.1 Å². The molecule has 2 fully saturated rings. The van der Waals surface area contributed by atoms with E-state index in [0.717, 1.165) is 19.6 Å². The van der Waals surface area contributed by atoms with E-state index in [1.807, 2.05) is 12.1 Å². The molecule has 28 heavy (non-hydrogen) atoms. The number of carbonyl (C=O) groups is 1. The van der Waals surface area contributed by atoms with Gasteiger partial charge in [-0.3, -0.25) is 9.69 Å². The third kappa shape index (κ3) is 5.98. The topological polar surface area (TPSA) is 63.3 Å². The molecule has 1 aromatic carbocycles. The van der Waals surface area contributed by atoms with E-state index >= 15 is 0 Å². The van der Waals surface area contributed by atoms with Crippen LogP contribution in [-0.2, 0) is 16.1 Å². The summed E-state index contributed by atoms with van der Waals surface area (Å²) in [6.07, 6.45) is 0. The number of methoxy groups -OCH3 is 1.